The molecule has 0 aliphatic carbocycles. The molecule has 0 unspecified atom stereocenters. The third kappa shape index (κ3) is 3.45. The molecule has 0 aromatic heterocycles. The van der Waals surface area contributed by atoms with Gasteiger partial charge in [-0.05, 0) is 58.2 Å². The molecule has 2 aromatic rings. The zero-order chi connectivity index (χ0) is 14.5. The van der Waals surface area contributed by atoms with Crippen molar-refractivity contribution in [3.63, 3.8) is 0 Å². The maximum absolute atomic E-state index is 11.9. The summed E-state index contributed by atoms with van der Waals surface area (Å²) in [5.41, 5.74) is 4.73. The van der Waals surface area contributed by atoms with Gasteiger partial charge in [0.25, 0.3) is 5.91 Å². The van der Waals surface area contributed by atoms with E-state index in [2.05, 4.69) is 26.5 Å². The fourth-order valence-electron chi connectivity index (χ4n) is 1.66. The molecule has 0 heterocycles. The quantitative estimate of drug-likeness (QED) is 0.669. The second-order valence-corrected chi connectivity index (χ2v) is 5.08. The van der Waals surface area contributed by atoms with E-state index in [1.165, 1.54) is 6.21 Å². The van der Waals surface area contributed by atoms with Crippen LogP contribution in [-0.2, 0) is 0 Å². The third-order valence-corrected chi connectivity index (χ3v) is 3.38. The fraction of sp³-hybridized carbons (Fsp3) is 0.0667. The van der Waals surface area contributed by atoms with Crippen molar-refractivity contribution >= 4 is 28.1 Å². The van der Waals surface area contributed by atoms with Crippen molar-refractivity contribution in [2.75, 3.05) is 0 Å². The zero-order valence-corrected chi connectivity index (χ0v) is 12.4. The van der Waals surface area contributed by atoms with Crippen molar-refractivity contribution in [3.05, 3.63) is 63.6 Å². The van der Waals surface area contributed by atoms with Crippen LogP contribution in [0.4, 0.5) is 0 Å². The summed E-state index contributed by atoms with van der Waals surface area (Å²) in [6, 6.07) is 12.3. The average molecular weight is 333 g/mol. The lowest BCUT2D eigenvalue weighted by Crippen LogP contribution is -2.18. The number of rotatable bonds is 3. The number of amides is 1. The van der Waals surface area contributed by atoms with Crippen LogP contribution in [0.2, 0.25) is 0 Å². The summed E-state index contributed by atoms with van der Waals surface area (Å²) in [7, 11) is 0. The summed E-state index contributed by atoms with van der Waals surface area (Å²) in [5, 5.41) is 13.3. The van der Waals surface area contributed by atoms with Crippen molar-refractivity contribution < 1.29 is 9.90 Å². The number of nitrogens with one attached hydrogen (secondary N) is 1. The monoisotopic (exact) mass is 332 g/mol. The lowest BCUT2D eigenvalue weighted by Gasteiger charge is -2.03. The van der Waals surface area contributed by atoms with Gasteiger partial charge in [-0.1, -0.05) is 18.2 Å². The number of hydrazone groups is 1. The van der Waals surface area contributed by atoms with Gasteiger partial charge in [0, 0.05) is 5.56 Å². The summed E-state index contributed by atoms with van der Waals surface area (Å²) in [6.45, 7) is 1.87. The fourth-order valence-corrected chi connectivity index (χ4v) is 2.05. The Morgan fingerprint density at radius 3 is 2.75 bits per heavy atom. The highest BCUT2D eigenvalue weighted by molar-refractivity contribution is 9.10. The van der Waals surface area contributed by atoms with Crippen molar-refractivity contribution in [1.29, 1.82) is 0 Å². The van der Waals surface area contributed by atoms with E-state index in [4.69, 9.17) is 0 Å². The highest BCUT2D eigenvalue weighted by atomic mass is 79.9. The minimum atomic E-state index is -0.253. The van der Waals surface area contributed by atoms with Crippen molar-refractivity contribution in [2.24, 2.45) is 5.10 Å². The molecule has 0 aliphatic rings. The Morgan fingerprint density at radius 1 is 1.30 bits per heavy atom. The van der Waals surface area contributed by atoms with E-state index >= 15 is 0 Å². The highest BCUT2D eigenvalue weighted by Crippen LogP contribution is 2.23. The first-order valence-electron chi connectivity index (χ1n) is 5.95. The molecule has 5 heteroatoms. The van der Waals surface area contributed by atoms with E-state index in [1.54, 1.807) is 24.3 Å². The predicted octanol–water partition coefficient (Wildman–Crippen LogP) is 3.23. The van der Waals surface area contributed by atoms with Crippen LogP contribution in [0.15, 0.2) is 52.0 Å². The lowest BCUT2D eigenvalue weighted by atomic mass is 10.1. The minimum absolute atomic E-state index is 0.158. The molecule has 0 bridgehead atoms. The number of hydrogen-bond donors (Lipinski definition) is 2. The van der Waals surface area contributed by atoms with Crippen LogP contribution < -0.4 is 5.43 Å². The van der Waals surface area contributed by atoms with Crippen LogP contribution in [-0.4, -0.2) is 17.2 Å². The molecule has 0 saturated heterocycles. The number of phenolic OH excluding ortho intramolecular Hbond substituents is 1. The van der Waals surface area contributed by atoms with Gasteiger partial charge in [-0.2, -0.15) is 5.10 Å². The summed E-state index contributed by atoms with van der Waals surface area (Å²) < 4.78 is 0.576. The molecule has 0 radical (unpaired) electrons. The molecule has 4 nitrogen and oxygen atoms in total. The van der Waals surface area contributed by atoms with E-state index in [9.17, 15) is 9.90 Å². The molecule has 102 valence electrons. The highest BCUT2D eigenvalue weighted by Gasteiger charge is 2.06. The molecular formula is C15H13BrN2O2. The van der Waals surface area contributed by atoms with Crippen LogP contribution in [0, 0.1) is 6.92 Å². The van der Waals surface area contributed by atoms with Crippen molar-refractivity contribution in [1.82, 2.24) is 5.43 Å². The van der Waals surface area contributed by atoms with Gasteiger partial charge >= 0.3 is 0 Å². The maximum Gasteiger partial charge on any atom is 0.271 e. The van der Waals surface area contributed by atoms with Crippen molar-refractivity contribution in [3.8, 4) is 5.75 Å². The molecular weight excluding hydrogens is 320 g/mol. The van der Waals surface area contributed by atoms with E-state index in [1.807, 2.05) is 25.1 Å². The number of hydrogen-bond acceptors (Lipinski definition) is 3. The molecule has 1 amide bonds. The largest absolute Gasteiger partial charge is 0.507 e. The maximum atomic E-state index is 11.9. The molecule has 2 N–H and O–H groups in total. The first kappa shape index (κ1) is 14.3. The Bertz CT molecular complexity index is 669. The number of aromatic hydroxyl groups is 1. The second-order valence-electron chi connectivity index (χ2n) is 4.22. The van der Waals surface area contributed by atoms with Gasteiger partial charge in [0.1, 0.15) is 5.75 Å². The molecule has 0 fully saturated rings. The molecule has 2 rings (SSSR count). The van der Waals surface area contributed by atoms with Crippen LogP contribution in [0.3, 0.4) is 0 Å². The first-order valence-corrected chi connectivity index (χ1v) is 6.75. The van der Waals surface area contributed by atoms with Gasteiger partial charge in [-0.15, -0.1) is 0 Å². The summed E-state index contributed by atoms with van der Waals surface area (Å²) in [6.07, 6.45) is 1.51. The Kier molecular flexibility index (Phi) is 4.53. The Labute approximate surface area is 125 Å². The van der Waals surface area contributed by atoms with Gasteiger partial charge in [0.05, 0.1) is 10.7 Å². The van der Waals surface area contributed by atoms with E-state index in [0.717, 1.165) is 11.1 Å². The number of nitrogens with zero attached hydrogens (tertiary/aromatic N) is 1. The molecule has 20 heavy (non-hydrogen) atoms. The minimum Gasteiger partial charge on any atom is -0.507 e. The Balaban J connectivity index is 2.05. The lowest BCUT2D eigenvalue weighted by molar-refractivity contribution is 0.0954. The number of benzene rings is 2. The van der Waals surface area contributed by atoms with Gasteiger partial charge in [0.2, 0.25) is 0 Å². The summed E-state index contributed by atoms with van der Waals surface area (Å²) in [4.78, 5) is 11.9. The molecule has 0 saturated carbocycles. The number of aryl methyl sites for hydroxylation is 1. The van der Waals surface area contributed by atoms with E-state index < -0.39 is 0 Å². The number of carbonyl (C=O) groups excluding carboxylic acids is 1. The third-order valence-electron chi connectivity index (χ3n) is 2.74. The summed E-state index contributed by atoms with van der Waals surface area (Å²) >= 11 is 3.21. The Morgan fingerprint density at radius 2 is 2.05 bits per heavy atom. The van der Waals surface area contributed by atoms with Crippen molar-refractivity contribution in [2.45, 2.75) is 6.92 Å². The van der Waals surface area contributed by atoms with Gasteiger partial charge in [-0.25, -0.2) is 5.43 Å². The average Bonchev–Trinajstić information content (AvgIpc) is 2.43. The van der Waals surface area contributed by atoms with Crippen LogP contribution in [0.25, 0.3) is 0 Å². The standard InChI is InChI=1S/C15H13BrN2O2/c1-10-4-2-3-5-12(10)15(20)18-17-9-11-6-7-14(19)13(16)8-11/h2-9,19H,1H3,(H,18,20). The van der Waals surface area contributed by atoms with Gasteiger partial charge in [0.15, 0.2) is 0 Å². The summed E-state index contributed by atoms with van der Waals surface area (Å²) in [5.74, 6) is -0.0942. The molecule has 0 spiro atoms. The van der Waals surface area contributed by atoms with Crippen LogP contribution in [0.1, 0.15) is 21.5 Å². The van der Waals surface area contributed by atoms with Crippen LogP contribution in [0.5, 0.6) is 5.75 Å². The molecule has 2 aromatic carbocycles. The van der Waals surface area contributed by atoms with Gasteiger partial charge < -0.3 is 5.11 Å². The topological polar surface area (TPSA) is 61.7 Å². The number of carbonyl (C=O) groups is 1. The Hall–Kier alpha value is -2.14. The van der Waals surface area contributed by atoms with Gasteiger partial charge in [-0.3, -0.25) is 4.79 Å². The number of halogens is 1. The second kappa shape index (κ2) is 6.34. The van der Waals surface area contributed by atoms with E-state index in [-0.39, 0.29) is 11.7 Å². The zero-order valence-electron chi connectivity index (χ0n) is 10.8. The van der Waals surface area contributed by atoms with Crippen LogP contribution >= 0.6 is 15.9 Å². The molecule has 0 aliphatic heterocycles. The molecule has 0 atom stereocenters. The van der Waals surface area contributed by atoms with E-state index in [0.29, 0.717) is 10.0 Å². The predicted molar refractivity (Wildman–Crippen MR) is 82.0 cm³/mol. The SMILES string of the molecule is Cc1ccccc1C(=O)NN=Cc1ccc(O)c(Br)c1. The normalized spacial score (nSPS) is 10.7. The smallest absolute Gasteiger partial charge is 0.271 e. The number of phenols is 1. The first-order chi connectivity index (χ1) is 9.58.